The maximum Gasteiger partial charge on any atom is 0.333 e. The number of esters is 1. The summed E-state index contributed by atoms with van der Waals surface area (Å²) < 4.78 is 4.80. The fourth-order valence-electron chi connectivity index (χ4n) is 0.651. The fraction of sp³-hybridized carbons (Fsp3) is 0.400. The minimum Gasteiger partial charge on any atom is -0.462 e. The molecular weight excluding hydrogens is 182 g/mol. The lowest BCUT2D eigenvalue weighted by atomic mass is 10.2. The summed E-state index contributed by atoms with van der Waals surface area (Å²) in [6.07, 6.45) is 2.11. The molecule has 0 spiro atoms. The number of hydrogen-bond acceptors (Lipinski definition) is 3. The van der Waals surface area contributed by atoms with Gasteiger partial charge in [-0.2, -0.15) is 0 Å². The molecule has 2 N–H and O–H groups in total. The van der Waals surface area contributed by atoms with E-state index in [0.29, 0.717) is 17.6 Å². The maximum absolute atomic E-state index is 10.9. The lowest BCUT2D eigenvalue weighted by molar-refractivity contribution is -0.138. The molecule has 0 unspecified atom stereocenters. The SMILES string of the molecule is C=C(C)C(=O)OCC/C=C(\C)C(N)=O. The first-order chi connectivity index (χ1) is 6.45. The van der Waals surface area contributed by atoms with E-state index in [1.807, 2.05) is 0 Å². The van der Waals surface area contributed by atoms with E-state index in [9.17, 15) is 9.59 Å². The highest BCUT2D eigenvalue weighted by atomic mass is 16.5. The summed E-state index contributed by atoms with van der Waals surface area (Å²) in [5.74, 6) is -0.883. The van der Waals surface area contributed by atoms with Gasteiger partial charge < -0.3 is 10.5 Å². The number of hydrogen-bond donors (Lipinski definition) is 1. The van der Waals surface area contributed by atoms with E-state index in [4.69, 9.17) is 10.5 Å². The van der Waals surface area contributed by atoms with Gasteiger partial charge in [0, 0.05) is 17.6 Å². The summed E-state index contributed by atoms with van der Waals surface area (Å²) in [7, 11) is 0. The van der Waals surface area contributed by atoms with Crippen molar-refractivity contribution in [1.82, 2.24) is 0 Å². The van der Waals surface area contributed by atoms with Crippen LogP contribution in [0.3, 0.4) is 0 Å². The van der Waals surface area contributed by atoms with Gasteiger partial charge in [-0.3, -0.25) is 4.79 Å². The molecule has 0 aliphatic heterocycles. The van der Waals surface area contributed by atoms with Crippen LogP contribution in [-0.4, -0.2) is 18.5 Å². The number of ether oxygens (including phenoxy) is 1. The molecular formula is C10H15NO3. The molecule has 0 fully saturated rings. The normalized spacial score (nSPS) is 10.9. The van der Waals surface area contributed by atoms with Gasteiger partial charge in [0.15, 0.2) is 0 Å². The third-order valence-electron chi connectivity index (χ3n) is 1.54. The van der Waals surface area contributed by atoms with Gasteiger partial charge in [0.05, 0.1) is 6.61 Å². The molecule has 0 bridgehead atoms. The summed E-state index contributed by atoms with van der Waals surface area (Å²) in [5.41, 5.74) is 5.83. The van der Waals surface area contributed by atoms with Gasteiger partial charge in [0.2, 0.25) is 5.91 Å². The largest absolute Gasteiger partial charge is 0.462 e. The van der Waals surface area contributed by atoms with Crippen LogP contribution in [0.25, 0.3) is 0 Å². The average molecular weight is 197 g/mol. The van der Waals surface area contributed by atoms with E-state index in [2.05, 4.69) is 6.58 Å². The molecule has 0 aromatic carbocycles. The lowest BCUT2D eigenvalue weighted by Crippen LogP contribution is -2.12. The van der Waals surface area contributed by atoms with Crippen LogP contribution >= 0.6 is 0 Å². The third kappa shape index (κ3) is 5.13. The van der Waals surface area contributed by atoms with Crippen LogP contribution in [0.15, 0.2) is 23.8 Å². The molecule has 0 saturated carbocycles. The summed E-state index contributed by atoms with van der Waals surface area (Å²) in [6.45, 7) is 6.86. The molecule has 0 rings (SSSR count). The highest BCUT2D eigenvalue weighted by Gasteiger charge is 2.01. The molecule has 4 heteroatoms. The van der Waals surface area contributed by atoms with Gasteiger partial charge in [0.25, 0.3) is 0 Å². The van der Waals surface area contributed by atoms with E-state index in [1.54, 1.807) is 19.9 Å². The van der Waals surface area contributed by atoms with E-state index in [-0.39, 0.29) is 6.61 Å². The summed E-state index contributed by atoms with van der Waals surface area (Å²) in [4.78, 5) is 21.5. The predicted molar refractivity (Wildman–Crippen MR) is 53.3 cm³/mol. The van der Waals surface area contributed by atoms with Crippen molar-refractivity contribution in [2.45, 2.75) is 20.3 Å². The highest BCUT2D eigenvalue weighted by molar-refractivity contribution is 5.91. The first-order valence-electron chi connectivity index (χ1n) is 4.24. The van der Waals surface area contributed by atoms with Gasteiger partial charge in [-0.1, -0.05) is 12.7 Å². The Bertz CT molecular complexity index is 279. The van der Waals surface area contributed by atoms with Crippen LogP contribution in [0, 0.1) is 0 Å². The molecule has 0 atom stereocenters. The summed E-state index contributed by atoms with van der Waals surface area (Å²) in [5, 5.41) is 0. The Hall–Kier alpha value is -1.58. The molecule has 0 aliphatic carbocycles. The van der Waals surface area contributed by atoms with Gasteiger partial charge in [-0.15, -0.1) is 0 Å². The van der Waals surface area contributed by atoms with Gasteiger partial charge in [-0.25, -0.2) is 4.79 Å². The summed E-state index contributed by atoms with van der Waals surface area (Å²) in [6, 6.07) is 0. The average Bonchev–Trinajstić information content (AvgIpc) is 2.11. The van der Waals surface area contributed by atoms with Gasteiger partial charge in [0.1, 0.15) is 0 Å². The smallest absolute Gasteiger partial charge is 0.333 e. The van der Waals surface area contributed by atoms with Crippen LogP contribution in [0.1, 0.15) is 20.3 Å². The zero-order valence-electron chi connectivity index (χ0n) is 8.50. The highest BCUT2D eigenvalue weighted by Crippen LogP contribution is 1.97. The Labute approximate surface area is 83.4 Å². The Morgan fingerprint density at radius 1 is 1.43 bits per heavy atom. The van der Waals surface area contributed by atoms with Gasteiger partial charge >= 0.3 is 5.97 Å². The molecule has 4 nitrogen and oxygen atoms in total. The molecule has 0 aromatic rings. The first kappa shape index (κ1) is 12.4. The van der Waals surface area contributed by atoms with Crippen LogP contribution in [0.5, 0.6) is 0 Å². The van der Waals surface area contributed by atoms with Crippen LogP contribution in [0.2, 0.25) is 0 Å². The van der Waals surface area contributed by atoms with Crippen LogP contribution < -0.4 is 5.73 Å². The Morgan fingerprint density at radius 3 is 2.43 bits per heavy atom. The molecule has 0 radical (unpaired) electrons. The minimum absolute atomic E-state index is 0.232. The monoisotopic (exact) mass is 197 g/mol. The van der Waals surface area contributed by atoms with Crippen molar-refractivity contribution >= 4 is 11.9 Å². The van der Waals surface area contributed by atoms with Crippen LogP contribution in [0.4, 0.5) is 0 Å². The van der Waals surface area contributed by atoms with Crippen molar-refractivity contribution in [3.05, 3.63) is 23.8 Å². The second-order valence-electron chi connectivity index (χ2n) is 2.96. The lowest BCUT2D eigenvalue weighted by Gasteiger charge is -2.01. The number of rotatable bonds is 5. The Morgan fingerprint density at radius 2 is 2.00 bits per heavy atom. The van der Waals surface area contributed by atoms with Gasteiger partial charge in [-0.05, 0) is 13.8 Å². The standard InChI is InChI=1S/C10H15NO3/c1-7(2)10(13)14-6-4-5-8(3)9(11)12/h5H,1,4,6H2,2-3H3,(H2,11,12)/b8-5+. The van der Waals surface area contributed by atoms with E-state index >= 15 is 0 Å². The zero-order valence-corrected chi connectivity index (χ0v) is 8.50. The molecule has 78 valence electrons. The second kappa shape index (κ2) is 5.96. The third-order valence-corrected chi connectivity index (χ3v) is 1.54. The van der Waals surface area contributed by atoms with Crippen molar-refractivity contribution in [3.8, 4) is 0 Å². The molecule has 0 heterocycles. The fourth-order valence-corrected chi connectivity index (χ4v) is 0.651. The molecule has 1 amide bonds. The topological polar surface area (TPSA) is 69.4 Å². The van der Waals surface area contributed by atoms with Crippen molar-refractivity contribution in [3.63, 3.8) is 0 Å². The number of amides is 1. The van der Waals surface area contributed by atoms with Crippen molar-refractivity contribution in [2.75, 3.05) is 6.61 Å². The summed E-state index contributed by atoms with van der Waals surface area (Å²) >= 11 is 0. The number of nitrogens with two attached hydrogens (primary N) is 1. The quantitative estimate of drug-likeness (QED) is 0.405. The van der Waals surface area contributed by atoms with Crippen molar-refractivity contribution in [1.29, 1.82) is 0 Å². The predicted octanol–water partition coefficient (Wildman–Crippen LogP) is 0.927. The first-order valence-corrected chi connectivity index (χ1v) is 4.24. The van der Waals surface area contributed by atoms with Crippen molar-refractivity contribution in [2.24, 2.45) is 5.73 Å². The molecule has 0 saturated heterocycles. The Kier molecular flexibility index (Phi) is 5.29. The number of carbonyl (C=O) groups is 2. The van der Waals surface area contributed by atoms with E-state index in [0.717, 1.165) is 0 Å². The van der Waals surface area contributed by atoms with Crippen LogP contribution in [-0.2, 0) is 14.3 Å². The molecule has 0 aromatic heterocycles. The molecule has 0 aliphatic rings. The number of primary amides is 1. The van der Waals surface area contributed by atoms with E-state index in [1.165, 1.54) is 0 Å². The Balaban J connectivity index is 3.77. The number of carbonyl (C=O) groups excluding carboxylic acids is 2. The second-order valence-corrected chi connectivity index (χ2v) is 2.96. The van der Waals surface area contributed by atoms with E-state index < -0.39 is 11.9 Å². The minimum atomic E-state index is -0.462. The maximum atomic E-state index is 10.9. The molecule has 14 heavy (non-hydrogen) atoms. The van der Waals surface area contributed by atoms with Crippen molar-refractivity contribution < 1.29 is 14.3 Å². The zero-order chi connectivity index (χ0) is 11.1.